The predicted octanol–water partition coefficient (Wildman–Crippen LogP) is 2.20. The molecule has 0 aromatic heterocycles. The first-order valence-corrected chi connectivity index (χ1v) is 7.36. The van der Waals surface area contributed by atoms with E-state index in [2.05, 4.69) is 34.8 Å². The van der Waals surface area contributed by atoms with E-state index in [1.807, 2.05) is 17.0 Å². The van der Waals surface area contributed by atoms with E-state index in [0.717, 1.165) is 30.5 Å². The lowest BCUT2D eigenvalue weighted by Gasteiger charge is -2.39. The Balaban J connectivity index is 2.13. The van der Waals surface area contributed by atoms with Crippen LogP contribution in [0.2, 0.25) is 0 Å². The van der Waals surface area contributed by atoms with Crippen molar-refractivity contribution in [3.8, 4) is 0 Å². The topological polar surface area (TPSA) is 49.6 Å². The van der Waals surface area contributed by atoms with Crippen LogP contribution in [-0.2, 0) is 0 Å². The summed E-state index contributed by atoms with van der Waals surface area (Å²) in [4.78, 5) is 16.7. The van der Waals surface area contributed by atoms with Crippen molar-refractivity contribution in [3.63, 3.8) is 0 Å². The number of piperazine rings is 1. The lowest BCUT2D eigenvalue weighted by Crippen LogP contribution is -2.52. The summed E-state index contributed by atoms with van der Waals surface area (Å²) in [5.41, 5.74) is 7.11. The zero-order chi connectivity index (χ0) is 14.0. The molecule has 0 bridgehead atoms. The molecule has 1 aliphatic rings. The molecule has 1 aromatic carbocycles. The van der Waals surface area contributed by atoms with Crippen LogP contribution in [0.1, 0.15) is 23.7 Å². The predicted molar refractivity (Wildman–Crippen MR) is 81.2 cm³/mol. The van der Waals surface area contributed by atoms with Gasteiger partial charge in [0.15, 0.2) is 0 Å². The van der Waals surface area contributed by atoms with Crippen LogP contribution in [0, 0.1) is 0 Å². The molecule has 0 saturated carbocycles. The van der Waals surface area contributed by atoms with E-state index < -0.39 is 0 Å². The number of amides is 1. The van der Waals surface area contributed by atoms with Crippen LogP contribution >= 0.6 is 15.9 Å². The van der Waals surface area contributed by atoms with E-state index in [1.165, 1.54) is 0 Å². The molecule has 1 fully saturated rings. The van der Waals surface area contributed by atoms with Crippen molar-refractivity contribution in [1.29, 1.82) is 0 Å². The van der Waals surface area contributed by atoms with E-state index >= 15 is 0 Å². The van der Waals surface area contributed by atoms with E-state index in [0.29, 0.717) is 17.3 Å². The first kappa shape index (κ1) is 14.3. The number of halogens is 1. The number of rotatable bonds is 2. The van der Waals surface area contributed by atoms with Gasteiger partial charge in [-0.2, -0.15) is 0 Å². The van der Waals surface area contributed by atoms with Gasteiger partial charge in [-0.1, -0.05) is 6.92 Å². The summed E-state index contributed by atoms with van der Waals surface area (Å²) in [5, 5.41) is 0. The molecule has 1 aromatic rings. The summed E-state index contributed by atoms with van der Waals surface area (Å²) in [7, 11) is 2.12. The van der Waals surface area contributed by atoms with Gasteiger partial charge in [0, 0.05) is 41.4 Å². The van der Waals surface area contributed by atoms with Gasteiger partial charge < -0.3 is 10.6 Å². The molecule has 1 unspecified atom stereocenters. The van der Waals surface area contributed by atoms with Gasteiger partial charge in [-0.15, -0.1) is 0 Å². The maximum atomic E-state index is 12.5. The third kappa shape index (κ3) is 3.09. The first-order valence-electron chi connectivity index (χ1n) is 6.57. The SMILES string of the molecule is CCC1CN(C(=O)c2ccc(Br)c(N)c2)CCN1C. The fourth-order valence-corrected chi connectivity index (χ4v) is 2.68. The Labute approximate surface area is 122 Å². The van der Waals surface area contributed by atoms with Crippen molar-refractivity contribution in [1.82, 2.24) is 9.80 Å². The van der Waals surface area contributed by atoms with Gasteiger partial charge in [-0.3, -0.25) is 9.69 Å². The normalized spacial score (nSPS) is 20.6. The van der Waals surface area contributed by atoms with Crippen LogP contribution in [0.3, 0.4) is 0 Å². The largest absolute Gasteiger partial charge is 0.398 e. The Morgan fingerprint density at radius 1 is 1.47 bits per heavy atom. The molecule has 1 amide bonds. The minimum absolute atomic E-state index is 0.0748. The summed E-state index contributed by atoms with van der Waals surface area (Å²) in [6, 6.07) is 5.84. The van der Waals surface area contributed by atoms with Crippen LogP contribution in [-0.4, -0.2) is 48.4 Å². The zero-order valence-corrected chi connectivity index (χ0v) is 13.0. The van der Waals surface area contributed by atoms with Crippen molar-refractivity contribution in [2.24, 2.45) is 0 Å². The highest BCUT2D eigenvalue weighted by Crippen LogP contribution is 2.22. The average Bonchev–Trinajstić information content (AvgIpc) is 2.41. The van der Waals surface area contributed by atoms with Crippen molar-refractivity contribution >= 4 is 27.5 Å². The van der Waals surface area contributed by atoms with Gasteiger partial charge in [-0.05, 0) is 47.6 Å². The Morgan fingerprint density at radius 3 is 2.84 bits per heavy atom. The molecule has 19 heavy (non-hydrogen) atoms. The minimum Gasteiger partial charge on any atom is -0.398 e. The Hall–Kier alpha value is -1.07. The number of likely N-dealkylation sites (N-methyl/N-ethyl adjacent to an activating group) is 1. The highest BCUT2D eigenvalue weighted by Gasteiger charge is 2.26. The fourth-order valence-electron chi connectivity index (χ4n) is 2.43. The molecule has 5 heteroatoms. The first-order chi connectivity index (χ1) is 9.02. The van der Waals surface area contributed by atoms with E-state index in [1.54, 1.807) is 6.07 Å². The van der Waals surface area contributed by atoms with Gasteiger partial charge in [0.25, 0.3) is 5.91 Å². The van der Waals surface area contributed by atoms with Gasteiger partial charge >= 0.3 is 0 Å². The molecule has 0 radical (unpaired) electrons. The fraction of sp³-hybridized carbons (Fsp3) is 0.500. The van der Waals surface area contributed by atoms with Gasteiger partial charge in [0.05, 0.1) is 0 Å². The molecule has 0 spiro atoms. The minimum atomic E-state index is 0.0748. The lowest BCUT2D eigenvalue weighted by atomic mass is 10.1. The molecule has 0 aliphatic carbocycles. The molecule has 1 heterocycles. The molecule has 1 atom stereocenters. The Kier molecular flexibility index (Phi) is 4.47. The van der Waals surface area contributed by atoms with Crippen molar-refractivity contribution in [3.05, 3.63) is 28.2 Å². The average molecular weight is 326 g/mol. The molecule has 4 nitrogen and oxygen atoms in total. The lowest BCUT2D eigenvalue weighted by molar-refractivity contribution is 0.0542. The number of nitrogens with zero attached hydrogens (tertiary/aromatic N) is 2. The second-order valence-corrected chi connectivity index (χ2v) is 5.88. The van der Waals surface area contributed by atoms with Gasteiger partial charge in [0.1, 0.15) is 0 Å². The number of hydrogen-bond acceptors (Lipinski definition) is 3. The third-order valence-electron chi connectivity index (χ3n) is 3.78. The van der Waals surface area contributed by atoms with Crippen molar-refractivity contribution < 1.29 is 4.79 Å². The summed E-state index contributed by atoms with van der Waals surface area (Å²) >= 11 is 3.35. The van der Waals surface area contributed by atoms with Crippen LogP contribution in [0.5, 0.6) is 0 Å². The zero-order valence-electron chi connectivity index (χ0n) is 11.4. The van der Waals surface area contributed by atoms with E-state index in [-0.39, 0.29) is 5.91 Å². The van der Waals surface area contributed by atoms with Crippen molar-refractivity contribution in [2.45, 2.75) is 19.4 Å². The van der Waals surface area contributed by atoms with Gasteiger partial charge in [0.2, 0.25) is 0 Å². The van der Waals surface area contributed by atoms with Crippen LogP contribution < -0.4 is 5.73 Å². The van der Waals surface area contributed by atoms with E-state index in [4.69, 9.17) is 5.73 Å². The molecular formula is C14H20BrN3O. The quantitative estimate of drug-likeness (QED) is 0.848. The maximum absolute atomic E-state index is 12.5. The summed E-state index contributed by atoms with van der Waals surface area (Å²) in [6.07, 6.45) is 1.06. The molecular weight excluding hydrogens is 306 g/mol. The number of carbonyl (C=O) groups is 1. The number of nitrogens with two attached hydrogens (primary N) is 1. The number of nitrogen functional groups attached to an aromatic ring is 1. The van der Waals surface area contributed by atoms with Crippen molar-refractivity contribution in [2.75, 3.05) is 32.4 Å². The smallest absolute Gasteiger partial charge is 0.254 e. The molecule has 1 aliphatic heterocycles. The number of carbonyl (C=O) groups excluding carboxylic acids is 1. The third-order valence-corrected chi connectivity index (χ3v) is 4.50. The monoisotopic (exact) mass is 325 g/mol. The summed E-state index contributed by atoms with van der Waals surface area (Å²) in [5.74, 6) is 0.0748. The number of hydrogen-bond donors (Lipinski definition) is 1. The molecule has 2 N–H and O–H groups in total. The molecule has 1 saturated heterocycles. The summed E-state index contributed by atoms with van der Waals surface area (Å²) in [6.45, 7) is 4.66. The highest BCUT2D eigenvalue weighted by molar-refractivity contribution is 9.10. The second kappa shape index (κ2) is 5.92. The van der Waals surface area contributed by atoms with Crippen LogP contribution in [0.15, 0.2) is 22.7 Å². The van der Waals surface area contributed by atoms with Gasteiger partial charge in [-0.25, -0.2) is 0 Å². The maximum Gasteiger partial charge on any atom is 0.254 e. The standard InChI is InChI=1S/C14H20BrN3O/c1-3-11-9-18(7-6-17(11)2)14(19)10-4-5-12(15)13(16)8-10/h4-5,8,11H,3,6-7,9,16H2,1-2H3. The Bertz CT molecular complexity index is 478. The summed E-state index contributed by atoms with van der Waals surface area (Å²) < 4.78 is 0.828. The van der Waals surface area contributed by atoms with E-state index in [9.17, 15) is 4.79 Å². The number of benzene rings is 1. The Morgan fingerprint density at radius 2 is 2.21 bits per heavy atom. The van der Waals surface area contributed by atoms with Crippen LogP contribution in [0.25, 0.3) is 0 Å². The highest BCUT2D eigenvalue weighted by atomic mass is 79.9. The second-order valence-electron chi connectivity index (χ2n) is 5.03. The molecule has 104 valence electrons. The van der Waals surface area contributed by atoms with Crippen LogP contribution in [0.4, 0.5) is 5.69 Å². The number of anilines is 1. The molecule has 2 rings (SSSR count).